The minimum Gasteiger partial charge on any atom is -0.476 e. The van der Waals surface area contributed by atoms with Crippen molar-refractivity contribution in [1.29, 1.82) is 0 Å². The van der Waals surface area contributed by atoms with E-state index in [0.29, 0.717) is 11.6 Å². The van der Waals surface area contributed by atoms with Gasteiger partial charge in [0.25, 0.3) is 0 Å². The molecule has 3 N–H and O–H groups in total. The van der Waals surface area contributed by atoms with E-state index in [4.69, 9.17) is 16.3 Å². The predicted octanol–water partition coefficient (Wildman–Crippen LogP) is 3.54. The molecule has 0 heterocycles. The van der Waals surface area contributed by atoms with Crippen LogP contribution in [0.2, 0.25) is 5.02 Å². The maximum atomic E-state index is 10.3. The van der Waals surface area contributed by atoms with Gasteiger partial charge in [-0.3, -0.25) is 5.32 Å². The molecule has 136 valence electrons. The summed E-state index contributed by atoms with van der Waals surface area (Å²) >= 11 is 5.97. The molecule has 0 saturated heterocycles. The number of hydrogen-bond acceptors (Lipinski definition) is 4. The highest BCUT2D eigenvalue weighted by Gasteiger charge is 2.11. The lowest BCUT2D eigenvalue weighted by atomic mass is 10.1. The lowest BCUT2D eigenvalue weighted by molar-refractivity contribution is 0.170. The van der Waals surface area contributed by atoms with Crippen molar-refractivity contribution in [3.63, 3.8) is 0 Å². The predicted molar refractivity (Wildman–Crippen MR) is 103 cm³/mol. The van der Waals surface area contributed by atoms with Gasteiger partial charge in [0.15, 0.2) is 0 Å². The Hall–Kier alpha value is -1.59. The van der Waals surface area contributed by atoms with E-state index in [0.717, 1.165) is 17.7 Å². The summed E-state index contributed by atoms with van der Waals surface area (Å²) in [6.45, 7) is 4.55. The van der Waals surface area contributed by atoms with Crippen molar-refractivity contribution in [3.8, 4) is 5.75 Å². The van der Waals surface area contributed by atoms with E-state index in [-0.39, 0.29) is 12.3 Å². The van der Waals surface area contributed by atoms with E-state index in [9.17, 15) is 5.11 Å². The Balaban J connectivity index is 1.85. The minimum atomic E-state index is -0.577. The van der Waals surface area contributed by atoms with Crippen molar-refractivity contribution in [1.82, 2.24) is 10.6 Å². The van der Waals surface area contributed by atoms with Gasteiger partial charge in [-0.2, -0.15) is 0 Å². The third-order valence-electron chi connectivity index (χ3n) is 4.05. The van der Waals surface area contributed by atoms with Gasteiger partial charge in [-0.1, -0.05) is 35.9 Å². The lowest BCUT2D eigenvalue weighted by Gasteiger charge is -2.18. The summed E-state index contributed by atoms with van der Waals surface area (Å²) in [6.07, 6.45) is 0.249. The molecule has 5 heteroatoms. The van der Waals surface area contributed by atoms with Gasteiger partial charge < -0.3 is 15.2 Å². The highest BCUT2D eigenvalue weighted by molar-refractivity contribution is 6.30. The molecule has 25 heavy (non-hydrogen) atoms. The van der Waals surface area contributed by atoms with Crippen molar-refractivity contribution >= 4 is 11.6 Å². The molecule has 2 aromatic carbocycles. The third kappa shape index (κ3) is 6.67. The zero-order valence-corrected chi connectivity index (χ0v) is 15.8. The van der Waals surface area contributed by atoms with Crippen molar-refractivity contribution < 1.29 is 9.84 Å². The first-order chi connectivity index (χ1) is 12.0. The fraction of sp³-hybridized carbons (Fsp3) is 0.400. The molecular weight excluding hydrogens is 336 g/mol. The monoisotopic (exact) mass is 362 g/mol. The number of benzene rings is 2. The summed E-state index contributed by atoms with van der Waals surface area (Å²) in [6, 6.07) is 15.7. The second-order valence-electron chi connectivity index (χ2n) is 6.28. The normalized spacial score (nSPS) is 14.8. The van der Waals surface area contributed by atoms with Crippen molar-refractivity contribution in [2.75, 3.05) is 13.6 Å². The molecule has 0 aliphatic rings. The zero-order chi connectivity index (χ0) is 18.2. The Morgan fingerprint density at radius 1 is 1.12 bits per heavy atom. The summed E-state index contributed by atoms with van der Waals surface area (Å²) < 4.78 is 5.77. The molecule has 2 rings (SSSR count). The molecule has 0 amide bonds. The topological polar surface area (TPSA) is 53.5 Å². The van der Waals surface area contributed by atoms with E-state index in [1.54, 1.807) is 12.1 Å². The van der Waals surface area contributed by atoms with E-state index in [1.807, 2.05) is 38.2 Å². The summed E-state index contributed by atoms with van der Waals surface area (Å²) in [5, 5.41) is 17.3. The number of nitrogens with one attached hydrogen (secondary N) is 2. The smallest absolute Gasteiger partial charge is 0.147 e. The van der Waals surface area contributed by atoms with Crippen LogP contribution in [-0.4, -0.2) is 31.0 Å². The number of aliphatic hydroxyl groups is 1. The molecule has 2 unspecified atom stereocenters. The average molecular weight is 363 g/mol. The highest BCUT2D eigenvalue weighted by Crippen LogP contribution is 2.18. The molecule has 0 saturated carbocycles. The van der Waals surface area contributed by atoms with Gasteiger partial charge in [0.1, 0.15) is 12.0 Å². The summed E-state index contributed by atoms with van der Waals surface area (Å²) in [5.41, 5.74) is 2.02. The summed E-state index contributed by atoms with van der Waals surface area (Å²) in [5.74, 6) is 0.852. The number of ether oxygens (including phenoxy) is 1. The largest absolute Gasteiger partial charge is 0.476 e. The second kappa shape index (κ2) is 9.78. The van der Waals surface area contributed by atoms with Crippen LogP contribution in [0.1, 0.15) is 31.1 Å². The third-order valence-corrected chi connectivity index (χ3v) is 4.29. The fourth-order valence-electron chi connectivity index (χ4n) is 2.58. The van der Waals surface area contributed by atoms with Crippen LogP contribution in [0.3, 0.4) is 0 Å². The highest BCUT2D eigenvalue weighted by atomic mass is 35.5. The lowest BCUT2D eigenvalue weighted by Crippen LogP contribution is -2.32. The number of aliphatic hydroxyl groups excluding tert-OH is 1. The molecular formula is C20H27ClN2O2. The van der Waals surface area contributed by atoms with Crippen LogP contribution < -0.4 is 15.4 Å². The van der Waals surface area contributed by atoms with Crippen LogP contribution in [-0.2, 0) is 6.42 Å². The maximum absolute atomic E-state index is 10.3. The summed E-state index contributed by atoms with van der Waals surface area (Å²) in [4.78, 5) is 0. The molecule has 0 fully saturated rings. The molecule has 0 bridgehead atoms. The molecule has 0 aromatic heterocycles. The molecule has 0 aliphatic heterocycles. The fourth-order valence-corrected chi connectivity index (χ4v) is 2.78. The Morgan fingerprint density at radius 3 is 2.60 bits per heavy atom. The second-order valence-corrected chi connectivity index (χ2v) is 6.72. The van der Waals surface area contributed by atoms with Crippen molar-refractivity contribution in [2.24, 2.45) is 0 Å². The molecule has 3 atom stereocenters. The Bertz CT molecular complexity index is 666. The van der Waals surface area contributed by atoms with E-state index in [1.165, 1.54) is 5.56 Å². The standard InChI is InChI=1S/C20H27ClN2O2/c1-14(23-13-20(24)17-7-5-8-18(21)12-17)10-16-6-4-9-19(11-16)25-15(2)22-3/h4-9,11-12,14-15,20,22-24H,10,13H2,1-3H3/t14?,15?,20-/m0/s1. The van der Waals surface area contributed by atoms with Crippen LogP contribution in [0, 0.1) is 0 Å². The van der Waals surface area contributed by atoms with E-state index >= 15 is 0 Å². The quantitative estimate of drug-likeness (QED) is 0.597. The average Bonchev–Trinajstić information content (AvgIpc) is 2.60. The van der Waals surface area contributed by atoms with Gasteiger partial charge in [0, 0.05) is 17.6 Å². The molecule has 0 radical (unpaired) electrons. The maximum Gasteiger partial charge on any atom is 0.147 e. The SMILES string of the molecule is CNC(C)Oc1cccc(CC(C)NC[C@H](O)c2cccc(Cl)c2)c1. The molecule has 2 aromatic rings. The summed E-state index contributed by atoms with van der Waals surface area (Å²) in [7, 11) is 1.87. The van der Waals surface area contributed by atoms with Gasteiger partial charge in [-0.25, -0.2) is 0 Å². The molecule has 0 aliphatic carbocycles. The van der Waals surface area contributed by atoms with Crippen LogP contribution in [0.4, 0.5) is 0 Å². The van der Waals surface area contributed by atoms with Crippen LogP contribution in [0.5, 0.6) is 5.75 Å². The van der Waals surface area contributed by atoms with Gasteiger partial charge in [0.05, 0.1) is 6.10 Å². The first-order valence-corrected chi connectivity index (χ1v) is 8.95. The molecule has 4 nitrogen and oxygen atoms in total. The number of rotatable bonds is 9. The first-order valence-electron chi connectivity index (χ1n) is 8.57. The molecule has 0 spiro atoms. The van der Waals surface area contributed by atoms with Crippen LogP contribution in [0.25, 0.3) is 0 Å². The van der Waals surface area contributed by atoms with Crippen LogP contribution >= 0.6 is 11.6 Å². The Morgan fingerprint density at radius 2 is 1.88 bits per heavy atom. The van der Waals surface area contributed by atoms with Crippen LogP contribution in [0.15, 0.2) is 48.5 Å². The Labute approximate surface area is 155 Å². The first kappa shape index (κ1) is 19.7. The number of hydrogen-bond donors (Lipinski definition) is 3. The van der Waals surface area contributed by atoms with Gasteiger partial charge in [-0.15, -0.1) is 0 Å². The van der Waals surface area contributed by atoms with Gasteiger partial charge in [0.2, 0.25) is 0 Å². The zero-order valence-electron chi connectivity index (χ0n) is 15.0. The number of halogens is 1. The van der Waals surface area contributed by atoms with Gasteiger partial charge in [-0.05, 0) is 62.7 Å². The van der Waals surface area contributed by atoms with Crippen molar-refractivity contribution in [2.45, 2.75) is 38.6 Å². The van der Waals surface area contributed by atoms with E-state index in [2.05, 4.69) is 29.7 Å². The van der Waals surface area contributed by atoms with Crippen molar-refractivity contribution in [3.05, 3.63) is 64.7 Å². The Kier molecular flexibility index (Phi) is 7.72. The van der Waals surface area contributed by atoms with E-state index < -0.39 is 6.10 Å². The van der Waals surface area contributed by atoms with Gasteiger partial charge >= 0.3 is 0 Å². The minimum absolute atomic E-state index is 0.0290.